The average molecular weight is 413 g/mol. The van der Waals surface area contributed by atoms with Crippen LogP contribution in [0.2, 0.25) is 0 Å². The molecule has 2 heterocycles. The summed E-state index contributed by atoms with van der Waals surface area (Å²) >= 11 is 1.09. The molecule has 0 N–H and O–H groups in total. The summed E-state index contributed by atoms with van der Waals surface area (Å²) in [6.45, 7) is 3.54. The first-order chi connectivity index (χ1) is 12.7. The number of likely N-dealkylation sites (N-methyl/N-ethyl adjacent to an activating group) is 1. The zero-order valence-corrected chi connectivity index (χ0v) is 16.6. The molecule has 2 aromatic rings. The van der Waals surface area contributed by atoms with Gasteiger partial charge in [-0.05, 0) is 38.5 Å². The van der Waals surface area contributed by atoms with Crippen LogP contribution in [0.4, 0.5) is 4.39 Å². The van der Waals surface area contributed by atoms with Crippen molar-refractivity contribution < 1.29 is 27.1 Å². The first kappa shape index (κ1) is 19.8. The molecule has 1 saturated heterocycles. The molecule has 27 heavy (non-hydrogen) atoms. The molecule has 0 saturated carbocycles. The van der Waals surface area contributed by atoms with E-state index in [2.05, 4.69) is 0 Å². The van der Waals surface area contributed by atoms with E-state index in [1.165, 1.54) is 24.0 Å². The number of amides is 1. The van der Waals surface area contributed by atoms with Crippen LogP contribution >= 0.6 is 11.3 Å². The third-order valence-corrected chi connectivity index (χ3v) is 7.44. The summed E-state index contributed by atoms with van der Waals surface area (Å²) < 4.78 is 43.0. The Bertz CT molecular complexity index is 985. The van der Waals surface area contributed by atoms with Gasteiger partial charge in [-0.3, -0.25) is 4.79 Å². The topological polar surface area (TPSA) is 80.8 Å². The maximum Gasteiger partial charge on any atom is 0.349 e. The van der Waals surface area contributed by atoms with Gasteiger partial charge in [0, 0.05) is 22.7 Å². The molecule has 3 rings (SSSR count). The molecule has 0 bridgehead atoms. The Hall–Kier alpha value is -2.00. The Morgan fingerprint density at radius 2 is 2.15 bits per heavy atom. The number of carbonyl (C=O) groups excluding carboxylic acids is 2. The molecule has 0 radical (unpaired) electrons. The molecule has 6 nitrogen and oxygen atoms in total. The summed E-state index contributed by atoms with van der Waals surface area (Å²) in [5.74, 6) is -1.57. The summed E-state index contributed by atoms with van der Waals surface area (Å²) in [5.41, 5.74) is 0. The average Bonchev–Trinajstić information content (AvgIpc) is 3.19. The lowest BCUT2D eigenvalue weighted by Gasteiger charge is -2.29. The molecule has 0 aliphatic carbocycles. The van der Waals surface area contributed by atoms with Gasteiger partial charge in [-0.1, -0.05) is 6.07 Å². The molecule has 0 spiro atoms. The highest BCUT2D eigenvalue weighted by atomic mass is 32.2. The molecule has 1 aromatic heterocycles. The number of hydrogen-bond acceptors (Lipinski definition) is 6. The largest absolute Gasteiger partial charge is 0.448 e. The number of thiophene rings is 1. The van der Waals surface area contributed by atoms with Crippen LogP contribution in [-0.2, 0) is 19.4 Å². The van der Waals surface area contributed by atoms with E-state index in [0.29, 0.717) is 23.1 Å². The van der Waals surface area contributed by atoms with Crippen molar-refractivity contribution in [2.75, 3.05) is 18.1 Å². The third kappa shape index (κ3) is 4.14. The minimum atomic E-state index is -3.13. The van der Waals surface area contributed by atoms with Gasteiger partial charge in [-0.2, -0.15) is 0 Å². The van der Waals surface area contributed by atoms with Crippen molar-refractivity contribution in [2.45, 2.75) is 32.4 Å². The second kappa shape index (κ2) is 7.55. The molecule has 1 amide bonds. The van der Waals surface area contributed by atoms with E-state index in [9.17, 15) is 22.4 Å². The van der Waals surface area contributed by atoms with Gasteiger partial charge in [0.15, 0.2) is 15.9 Å². The van der Waals surface area contributed by atoms with Crippen molar-refractivity contribution in [3.05, 3.63) is 35.0 Å². The first-order valence-corrected chi connectivity index (χ1v) is 11.3. The van der Waals surface area contributed by atoms with Crippen molar-refractivity contribution in [1.82, 2.24) is 4.90 Å². The van der Waals surface area contributed by atoms with Crippen molar-refractivity contribution >= 4 is 43.1 Å². The minimum Gasteiger partial charge on any atom is -0.448 e. The van der Waals surface area contributed by atoms with Gasteiger partial charge in [0.2, 0.25) is 0 Å². The maximum absolute atomic E-state index is 13.8. The Morgan fingerprint density at radius 3 is 2.74 bits per heavy atom. The van der Waals surface area contributed by atoms with Crippen LogP contribution < -0.4 is 0 Å². The smallest absolute Gasteiger partial charge is 0.349 e. The fourth-order valence-electron chi connectivity index (χ4n) is 3.24. The number of ether oxygens (including phenoxy) is 1. The van der Waals surface area contributed by atoms with Crippen LogP contribution in [0.25, 0.3) is 10.1 Å². The van der Waals surface area contributed by atoms with E-state index in [0.717, 1.165) is 11.3 Å². The zero-order chi connectivity index (χ0) is 19.8. The summed E-state index contributed by atoms with van der Waals surface area (Å²) in [6.07, 6.45) is -0.672. The van der Waals surface area contributed by atoms with E-state index < -0.39 is 39.7 Å². The van der Waals surface area contributed by atoms with Crippen molar-refractivity contribution in [1.29, 1.82) is 0 Å². The van der Waals surface area contributed by atoms with Gasteiger partial charge >= 0.3 is 5.97 Å². The van der Waals surface area contributed by atoms with Gasteiger partial charge in [-0.15, -0.1) is 11.3 Å². The molecule has 1 fully saturated rings. The molecule has 1 aromatic carbocycles. The zero-order valence-electron chi connectivity index (χ0n) is 15.0. The van der Waals surface area contributed by atoms with Crippen LogP contribution in [0, 0.1) is 5.82 Å². The number of hydrogen-bond donors (Lipinski definition) is 0. The van der Waals surface area contributed by atoms with E-state index in [1.807, 2.05) is 0 Å². The van der Waals surface area contributed by atoms with E-state index >= 15 is 0 Å². The van der Waals surface area contributed by atoms with Gasteiger partial charge in [0.25, 0.3) is 5.91 Å². The minimum absolute atomic E-state index is 0.0585. The molecule has 1 aliphatic rings. The standard InChI is InChI=1S/C18H20FNO5S2/c1-3-20(12-7-8-27(23,24)10-12)17(21)11(2)25-18(22)16-9-13-14(19)5-4-6-15(13)26-16/h4-6,9,11-12H,3,7-8,10H2,1-2H3/t11-,12-/m1/s1. The third-order valence-electron chi connectivity index (χ3n) is 4.61. The number of fused-ring (bicyclic) bond motifs is 1. The number of esters is 1. The lowest BCUT2D eigenvalue weighted by atomic mass is 10.2. The normalized spacial score (nSPS) is 19.7. The lowest BCUT2D eigenvalue weighted by molar-refractivity contribution is -0.141. The van der Waals surface area contributed by atoms with Gasteiger partial charge in [0.05, 0.1) is 11.5 Å². The molecule has 1 aliphatic heterocycles. The molecule has 146 valence electrons. The van der Waals surface area contributed by atoms with Gasteiger partial charge < -0.3 is 9.64 Å². The Balaban J connectivity index is 1.71. The van der Waals surface area contributed by atoms with Gasteiger partial charge in [-0.25, -0.2) is 17.6 Å². The number of carbonyl (C=O) groups is 2. The highest BCUT2D eigenvalue weighted by Crippen LogP contribution is 2.28. The van der Waals surface area contributed by atoms with Crippen molar-refractivity contribution in [3.63, 3.8) is 0 Å². The molecular formula is C18H20FNO5S2. The molecule has 9 heteroatoms. The first-order valence-electron chi connectivity index (χ1n) is 8.62. The maximum atomic E-state index is 13.8. The monoisotopic (exact) mass is 413 g/mol. The van der Waals surface area contributed by atoms with E-state index in [-0.39, 0.29) is 16.4 Å². The quantitative estimate of drug-likeness (QED) is 0.704. The summed E-state index contributed by atoms with van der Waals surface area (Å²) in [6, 6.07) is 5.59. The number of rotatable bonds is 5. The summed E-state index contributed by atoms with van der Waals surface area (Å²) in [4.78, 5) is 26.7. The Kier molecular flexibility index (Phi) is 5.53. The lowest BCUT2D eigenvalue weighted by Crippen LogP contribution is -2.46. The fraction of sp³-hybridized carbons (Fsp3) is 0.444. The SMILES string of the molecule is CCN(C(=O)[C@@H](C)OC(=O)c1cc2c(F)cccc2s1)[C@@H]1CCS(=O)(=O)C1. The Morgan fingerprint density at radius 1 is 1.41 bits per heavy atom. The van der Waals surface area contributed by atoms with E-state index in [4.69, 9.17) is 4.74 Å². The van der Waals surface area contributed by atoms with Crippen LogP contribution in [0.5, 0.6) is 0 Å². The van der Waals surface area contributed by atoms with Crippen molar-refractivity contribution in [2.24, 2.45) is 0 Å². The predicted molar refractivity (Wildman–Crippen MR) is 101 cm³/mol. The highest BCUT2D eigenvalue weighted by Gasteiger charge is 2.36. The van der Waals surface area contributed by atoms with Crippen molar-refractivity contribution in [3.8, 4) is 0 Å². The highest BCUT2D eigenvalue weighted by molar-refractivity contribution is 7.91. The number of sulfone groups is 1. The number of benzene rings is 1. The Labute approximate surface area is 160 Å². The molecule has 2 atom stereocenters. The number of nitrogens with zero attached hydrogens (tertiary/aromatic N) is 1. The van der Waals surface area contributed by atoms with E-state index in [1.54, 1.807) is 19.1 Å². The summed E-state index contributed by atoms with van der Waals surface area (Å²) in [5, 5.41) is 0.333. The van der Waals surface area contributed by atoms with Crippen LogP contribution in [0.15, 0.2) is 24.3 Å². The summed E-state index contributed by atoms with van der Waals surface area (Å²) in [7, 11) is -3.13. The van der Waals surface area contributed by atoms with Crippen LogP contribution in [0.1, 0.15) is 29.9 Å². The fourth-order valence-corrected chi connectivity index (χ4v) is 5.93. The van der Waals surface area contributed by atoms with Gasteiger partial charge in [0.1, 0.15) is 10.7 Å². The van der Waals surface area contributed by atoms with Crippen LogP contribution in [-0.4, -0.2) is 55.4 Å². The predicted octanol–water partition coefficient (Wildman–Crippen LogP) is 2.62. The molecular weight excluding hydrogens is 393 g/mol. The number of halogens is 1. The van der Waals surface area contributed by atoms with Crippen LogP contribution in [0.3, 0.4) is 0 Å². The second-order valence-electron chi connectivity index (χ2n) is 6.49. The molecule has 0 unspecified atom stereocenters. The second-order valence-corrected chi connectivity index (χ2v) is 9.80.